The third-order valence-corrected chi connectivity index (χ3v) is 7.41. The van der Waals surface area contributed by atoms with Gasteiger partial charge in [0.25, 0.3) is 11.6 Å². The summed E-state index contributed by atoms with van der Waals surface area (Å²) < 4.78 is 2.11. The number of aryl methyl sites for hydroxylation is 1. The lowest BCUT2D eigenvalue weighted by atomic mass is 10.1. The fourth-order valence-corrected chi connectivity index (χ4v) is 5.11. The molecule has 208 valence electrons. The highest BCUT2D eigenvalue weighted by molar-refractivity contribution is 7.98. The Kier molecular flexibility index (Phi) is 8.74. The largest absolute Gasteiger partial charge is 0.322 e. The van der Waals surface area contributed by atoms with Crippen LogP contribution in [-0.2, 0) is 18.7 Å². The number of amides is 1. The van der Waals surface area contributed by atoms with Crippen LogP contribution in [0.3, 0.4) is 0 Å². The fourth-order valence-electron chi connectivity index (χ4n) is 4.19. The molecule has 1 amide bonds. The summed E-state index contributed by atoms with van der Waals surface area (Å²) in [5, 5.41) is 37.5. The standard InChI is InChI=1S/C28H27N9O3S/c1-2-3-8-25-30-33-28(41-18-20-11-15-22(16-12-20)37(39)40)36(25)17-19-9-13-21(14-10-19)29-27(38)24-7-5-4-6-23(24)26-31-34-35-32-26/h4-7,9-16H,2-3,8,17-18H2,1H3,(H,29,38)(H,31,32,34,35). The number of thioether (sulfide) groups is 1. The summed E-state index contributed by atoms with van der Waals surface area (Å²) in [5.74, 6) is 1.60. The number of unbranched alkanes of at least 4 members (excludes halogenated alkanes) is 1. The molecular weight excluding hydrogens is 542 g/mol. The second kappa shape index (κ2) is 13.0. The molecule has 0 aliphatic carbocycles. The number of hydrogen-bond acceptors (Lipinski definition) is 9. The number of rotatable bonds is 12. The topological polar surface area (TPSA) is 157 Å². The van der Waals surface area contributed by atoms with Crippen molar-refractivity contribution in [1.82, 2.24) is 35.4 Å². The van der Waals surface area contributed by atoms with Crippen LogP contribution in [0.25, 0.3) is 11.4 Å². The molecule has 2 aromatic heterocycles. The van der Waals surface area contributed by atoms with Crippen LogP contribution in [0.5, 0.6) is 0 Å². The Morgan fingerprint density at radius 1 is 1.00 bits per heavy atom. The van der Waals surface area contributed by atoms with Gasteiger partial charge in [-0.1, -0.05) is 67.6 Å². The smallest absolute Gasteiger partial charge is 0.269 e. The number of tetrazole rings is 1. The number of H-pyrrole nitrogens is 1. The molecule has 41 heavy (non-hydrogen) atoms. The van der Waals surface area contributed by atoms with Crippen LogP contribution in [0.1, 0.15) is 47.1 Å². The molecule has 0 saturated heterocycles. The zero-order valence-corrected chi connectivity index (χ0v) is 23.0. The van der Waals surface area contributed by atoms with Crippen molar-refractivity contribution in [2.45, 2.75) is 43.6 Å². The Bertz CT molecular complexity index is 1620. The van der Waals surface area contributed by atoms with Gasteiger partial charge in [-0.2, -0.15) is 5.21 Å². The monoisotopic (exact) mass is 569 g/mol. The van der Waals surface area contributed by atoms with Gasteiger partial charge < -0.3 is 9.88 Å². The fraction of sp³-hybridized carbons (Fsp3) is 0.214. The Morgan fingerprint density at radius 2 is 1.76 bits per heavy atom. The molecule has 0 atom stereocenters. The van der Waals surface area contributed by atoms with E-state index in [9.17, 15) is 14.9 Å². The number of carbonyl (C=O) groups is 1. The number of nitrogens with one attached hydrogen (secondary N) is 2. The van der Waals surface area contributed by atoms with E-state index in [0.717, 1.165) is 41.4 Å². The first-order chi connectivity index (χ1) is 20.0. The van der Waals surface area contributed by atoms with Crippen molar-refractivity contribution in [3.63, 3.8) is 0 Å². The molecule has 0 fully saturated rings. The van der Waals surface area contributed by atoms with Crippen molar-refractivity contribution < 1.29 is 9.72 Å². The minimum absolute atomic E-state index is 0.0691. The van der Waals surface area contributed by atoms with E-state index in [1.807, 2.05) is 30.3 Å². The van der Waals surface area contributed by atoms with Crippen molar-refractivity contribution >= 4 is 29.0 Å². The van der Waals surface area contributed by atoms with Crippen molar-refractivity contribution in [2.24, 2.45) is 0 Å². The Morgan fingerprint density at radius 3 is 2.46 bits per heavy atom. The predicted molar refractivity (Wildman–Crippen MR) is 154 cm³/mol. The zero-order valence-electron chi connectivity index (χ0n) is 22.2. The summed E-state index contributed by atoms with van der Waals surface area (Å²) in [6.07, 6.45) is 2.86. The first-order valence-electron chi connectivity index (χ1n) is 13.0. The number of nitro benzene ring substituents is 1. The number of nitro groups is 1. The summed E-state index contributed by atoms with van der Waals surface area (Å²) >= 11 is 1.54. The number of nitrogens with zero attached hydrogens (tertiary/aromatic N) is 7. The Labute approximate surface area is 239 Å². The summed E-state index contributed by atoms with van der Waals surface area (Å²) in [6.45, 7) is 2.71. The molecule has 3 aromatic carbocycles. The van der Waals surface area contributed by atoms with Gasteiger partial charge in [-0.05, 0) is 41.0 Å². The van der Waals surface area contributed by atoms with Crippen molar-refractivity contribution in [1.29, 1.82) is 0 Å². The van der Waals surface area contributed by atoms with E-state index < -0.39 is 4.92 Å². The van der Waals surface area contributed by atoms with Crippen LogP contribution in [0.15, 0.2) is 78.0 Å². The number of hydrogen-bond donors (Lipinski definition) is 2. The number of carbonyl (C=O) groups excluding carboxylic acids is 1. The Balaban J connectivity index is 1.28. The second-order valence-electron chi connectivity index (χ2n) is 9.23. The normalized spacial score (nSPS) is 11.0. The number of aromatic nitrogens is 7. The lowest BCUT2D eigenvalue weighted by Crippen LogP contribution is -2.13. The molecule has 0 spiro atoms. The average molecular weight is 570 g/mol. The van der Waals surface area contributed by atoms with E-state index in [0.29, 0.717) is 34.9 Å². The van der Waals surface area contributed by atoms with Crippen molar-refractivity contribution in [3.8, 4) is 11.4 Å². The maximum atomic E-state index is 13.0. The quantitative estimate of drug-likeness (QED) is 0.115. The molecule has 0 unspecified atom stereocenters. The summed E-state index contributed by atoms with van der Waals surface area (Å²) in [7, 11) is 0. The number of anilines is 1. The van der Waals surface area contributed by atoms with Crippen LogP contribution in [0.2, 0.25) is 0 Å². The molecule has 0 aliphatic rings. The molecule has 0 radical (unpaired) electrons. The van der Waals surface area contributed by atoms with E-state index >= 15 is 0 Å². The van der Waals surface area contributed by atoms with Gasteiger partial charge >= 0.3 is 0 Å². The summed E-state index contributed by atoms with van der Waals surface area (Å²) in [4.78, 5) is 23.6. The molecular formula is C28H27N9O3S. The van der Waals surface area contributed by atoms with E-state index in [1.54, 1.807) is 42.1 Å². The molecule has 5 aromatic rings. The van der Waals surface area contributed by atoms with Crippen LogP contribution in [0, 0.1) is 10.1 Å². The van der Waals surface area contributed by atoms with Gasteiger partial charge in [0.15, 0.2) is 5.16 Å². The lowest BCUT2D eigenvalue weighted by Gasteiger charge is -2.12. The van der Waals surface area contributed by atoms with Gasteiger partial charge in [-0.3, -0.25) is 14.9 Å². The van der Waals surface area contributed by atoms with E-state index in [-0.39, 0.29) is 11.6 Å². The maximum absolute atomic E-state index is 13.0. The van der Waals surface area contributed by atoms with Gasteiger partial charge in [0.2, 0.25) is 5.82 Å². The number of benzene rings is 3. The highest BCUT2D eigenvalue weighted by Crippen LogP contribution is 2.26. The molecule has 12 nitrogen and oxygen atoms in total. The molecule has 5 rings (SSSR count). The van der Waals surface area contributed by atoms with E-state index in [1.165, 1.54) is 12.1 Å². The molecule has 0 saturated carbocycles. The van der Waals surface area contributed by atoms with Crippen LogP contribution >= 0.6 is 11.8 Å². The molecule has 13 heteroatoms. The second-order valence-corrected chi connectivity index (χ2v) is 10.2. The highest BCUT2D eigenvalue weighted by atomic mass is 32.2. The minimum atomic E-state index is -0.403. The lowest BCUT2D eigenvalue weighted by molar-refractivity contribution is -0.384. The van der Waals surface area contributed by atoms with E-state index in [4.69, 9.17) is 0 Å². The van der Waals surface area contributed by atoms with Crippen LogP contribution < -0.4 is 5.32 Å². The zero-order chi connectivity index (χ0) is 28.6. The first kappa shape index (κ1) is 27.6. The van der Waals surface area contributed by atoms with Crippen molar-refractivity contribution in [2.75, 3.05) is 5.32 Å². The third kappa shape index (κ3) is 6.81. The maximum Gasteiger partial charge on any atom is 0.269 e. The SMILES string of the molecule is CCCCc1nnc(SCc2ccc([N+](=O)[O-])cc2)n1Cc1ccc(NC(=O)c2ccccc2-c2nn[nH]n2)cc1. The molecule has 2 N–H and O–H groups in total. The van der Waals surface area contributed by atoms with Crippen LogP contribution in [0.4, 0.5) is 11.4 Å². The predicted octanol–water partition coefficient (Wildman–Crippen LogP) is 5.30. The minimum Gasteiger partial charge on any atom is -0.322 e. The van der Waals surface area contributed by atoms with Gasteiger partial charge in [0.05, 0.1) is 17.0 Å². The number of non-ortho nitro benzene ring substituents is 1. The molecule has 2 heterocycles. The van der Waals surface area contributed by atoms with Crippen LogP contribution in [-0.4, -0.2) is 46.2 Å². The summed E-state index contributed by atoms with van der Waals surface area (Å²) in [6, 6.07) is 21.3. The van der Waals surface area contributed by atoms with E-state index in [2.05, 4.69) is 47.6 Å². The van der Waals surface area contributed by atoms with Gasteiger partial charge in [-0.25, -0.2) is 0 Å². The summed E-state index contributed by atoms with van der Waals surface area (Å²) in [5.41, 5.74) is 3.75. The third-order valence-electron chi connectivity index (χ3n) is 6.37. The average Bonchev–Trinajstić information content (AvgIpc) is 3.67. The first-order valence-corrected chi connectivity index (χ1v) is 14.0. The van der Waals surface area contributed by atoms with Crippen molar-refractivity contribution in [3.05, 3.63) is 105 Å². The van der Waals surface area contributed by atoms with Gasteiger partial charge in [-0.15, -0.1) is 20.4 Å². The van der Waals surface area contributed by atoms with Gasteiger partial charge in [0.1, 0.15) is 5.82 Å². The molecule has 0 aliphatic heterocycles. The number of aromatic amines is 1. The Hall–Kier alpha value is -4.91. The van der Waals surface area contributed by atoms with Gasteiger partial charge in [0, 0.05) is 35.6 Å². The molecule has 0 bridgehead atoms. The highest BCUT2D eigenvalue weighted by Gasteiger charge is 2.17.